The van der Waals surface area contributed by atoms with Crippen LogP contribution in [0.4, 0.5) is 0 Å². The Labute approximate surface area is 99.0 Å². The van der Waals surface area contributed by atoms with Crippen molar-refractivity contribution >= 4 is 17.4 Å². The third-order valence-electron chi connectivity index (χ3n) is 3.20. The van der Waals surface area contributed by atoms with E-state index in [2.05, 4.69) is 0 Å². The normalized spacial score (nSPS) is 16.9. The second-order valence-electron chi connectivity index (χ2n) is 4.14. The predicted octanol–water partition coefficient (Wildman–Crippen LogP) is 2.67. The molecule has 1 aliphatic rings. The molecule has 0 bridgehead atoms. The Balaban J connectivity index is 2.57. The lowest BCUT2D eigenvalue weighted by Gasteiger charge is -2.16. The predicted molar refractivity (Wildman–Crippen MR) is 61.3 cm³/mol. The number of ether oxygens (including phenoxy) is 1. The van der Waals surface area contributed by atoms with Gasteiger partial charge in [-0.25, -0.2) is 0 Å². The first-order valence-corrected chi connectivity index (χ1v) is 5.47. The molecule has 1 aliphatic carbocycles. The van der Waals surface area contributed by atoms with Gasteiger partial charge in [-0.3, -0.25) is 4.79 Å². The lowest BCUT2D eigenvalue weighted by Crippen LogP contribution is -2.17. The number of phenolic OH excluding ortho intramolecular Hbond substituents is 1. The van der Waals surface area contributed by atoms with Gasteiger partial charge in [0.15, 0.2) is 11.5 Å². The van der Waals surface area contributed by atoms with Crippen molar-refractivity contribution in [1.82, 2.24) is 0 Å². The summed E-state index contributed by atoms with van der Waals surface area (Å²) in [4.78, 5) is 11.6. The number of phenols is 1. The summed E-state index contributed by atoms with van der Waals surface area (Å²) in [5, 5.41) is 10.5. The van der Waals surface area contributed by atoms with Crippen LogP contribution in [0.15, 0.2) is 12.1 Å². The topological polar surface area (TPSA) is 46.5 Å². The van der Waals surface area contributed by atoms with Crippen molar-refractivity contribution in [2.45, 2.75) is 25.2 Å². The molecule has 1 fully saturated rings. The van der Waals surface area contributed by atoms with Gasteiger partial charge >= 0.3 is 0 Å². The zero-order valence-corrected chi connectivity index (χ0v) is 9.97. The average molecular weight is 241 g/mol. The molecule has 4 heteroatoms. The van der Waals surface area contributed by atoms with Crippen molar-refractivity contribution < 1.29 is 14.6 Å². The Kier molecular flexibility index (Phi) is 2.58. The number of hydrogen-bond donors (Lipinski definition) is 1. The van der Waals surface area contributed by atoms with E-state index in [0.29, 0.717) is 16.3 Å². The van der Waals surface area contributed by atoms with E-state index < -0.39 is 5.41 Å². The van der Waals surface area contributed by atoms with Gasteiger partial charge in [0.1, 0.15) is 5.78 Å². The summed E-state index contributed by atoms with van der Waals surface area (Å²) in [5.41, 5.74) is 0.0479. The number of methoxy groups -OCH3 is 1. The van der Waals surface area contributed by atoms with Crippen molar-refractivity contribution in [3.63, 3.8) is 0 Å². The second kappa shape index (κ2) is 3.67. The first kappa shape index (κ1) is 11.3. The summed E-state index contributed by atoms with van der Waals surface area (Å²) >= 11 is 5.94. The van der Waals surface area contributed by atoms with Crippen LogP contribution < -0.4 is 4.74 Å². The minimum Gasteiger partial charge on any atom is -0.504 e. The fourth-order valence-electron chi connectivity index (χ4n) is 2.03. The van der Waals surface area contributed by atoms with Gasteiger partial charge in [0, 0.05) is 16.7 Å². The van der Waals surface area contributed by atoms with E-state index in [1.165, 1.54) is 13.2 Å². The Morgan fingerprint density at radius 1 is 1.50 bits per heavy atom. The molecule has 2 rings (SSSR count). The highest BCUT2D eigenvalue weighted by molar-refractivity contribution is 6.31. The highest BCUT2D eigenvalue weighted by atomic mass is 35.5. The van der Waals surface area contributed by atoms with E-state index in [0.717, 1.165) is 12.8 Å². The lowest BCUT2D eigenvalue weighted by atomic mass is 9.91. The molecule has 1 aromatic carbocycles. The summed E-state index contributed by atoms with van der Waals surface area (Å²) in [6, 6.07) is 3.18. The summed E-state index contributed by atoms with van der Waals surface area (Å²) in [5.74, 6) is 0.404. The van der Waals surface area contributed by atoms with E-state index in [9.17, 15) is 9.90 Å². The number of aromatic hydroxyl groups is 1. The summed E-state index contributed by atoms with van der Waals surface area (Å²) in [6.45, 7) is 1.54. The van der Waals surface area contributed by atoms with Crippen molar-refractivity contribution in [2.75, 3.05) is 7.11 Å². The van der Waals surface area contributed by atoms with Crippen LogP contribution in [0, 0.1) is 0 Å². The Hall–Kier alpha value is -1.22. The van der Waals surface area contributed by atoms with Crippen LogP contribution in [-0.2, 0) is 10.2 Å². The molecule has 0 spiro atoms. The number of ketones is 1. The largest absolute Gasteiger partial charge is 0.504 e. The molecular formula is C12H13ClO3. The summed E-state index contributed by atoms with van der Waals surface area (Å²) < 4.78 is 5.02. The molecule has 3 nitrogen and oxygen atoms in total. The van der Waals surface area contributed by atoms with Crippen molar-refractivity contribution in [3.05, 3.63) is 22.7 Å². The zero-order chi connectivity index (χ0) is 11.9. The number of Topliss-reactive ketones (excluding diaryl/α,β-unsaturated/α-hetero) is 1. The molecule has 0 saturated heterocycles. The van der Waals surface area contributed by atoms with E-state index in [1.54, 1.807) is 13.0 Å². The van der Waals surface area contributed by atoms with Gasteiger partial charge in [-0.15, -0.1) is 0 Å². The van der Waals surface area contributed by atoms with Gasteiger partial charge in [-0.2, -0.15) is 0 Å². The molecule has 1 N–H and O–H groups in total. The molecule has 0 heterocycles. The van der Waals surface area contributed by atoms with Gasteiger partial charge in [-0.05, 0) is 25.8 Å². The van der Waals surface area contributed by atoms with E-state index >= 15 is 0 Å². The number of carbonyl (C=O) groups excluding carboxylic acids is 1. The third kappa shape index (κ3) is 1.55. The van der Waals surface area contributed by atoms with Crippen LogP contribution >= 0.6 is 11.6 Å². The second-order valence-corrected chi connectivity index (χ2v) is 4.58. The van der Waals surface area contributed by atoms with Crippen LogP contribution in [0.25, 0.3) is 0 Å². The van der Waals surface area contributed by atoms with Gasteiger partial charge in [0.25, 0.3) is 0 Å². The number of rotatable bonds is 3. The number of benzene rings is 1. The molecule has 0 aromatic heterocycles. The van der Waals surface area contributed by atoms with Gasteiger partial charge in [0.05, 0.1) is 12.5 Å². The number of hydrogen-bond acceptors (Lipinski definition) is 3. The smallest absolute Gasteiger partial charge is 0.162 e. The minimum absolute atomic E-state index is 0.0274. The van der Waals surface area contributed by atoms with E-state index in [4.69, 9.17) is 16.3 Å². The lowest BCUT2D eigenvalue weighted by molar-refractivity contribution is -0.119. The Morgan fingerprint density at radius 2 is 2.12 bits per heavy atom. The van der Waals surface area contributed by atoms with Crippen LogP contribution in [0.2, 0.25) is 5.02 Å². The highest BCUT2D eigenvalue weighted by Gasteiger charge is 2.50. The molecule has 16 heavy (non-hydrogen) atoms. The zero-order valence-electron chi connectivity index (χ0n) is 9.21. The van der Waals surface area contributed by atoms with Gasteiger partial charge < -0.3 is 9.84 Å². The van der Waals surface area contributed by atoms with Crippen molar-refractivity contribution in [3.8, 4) is 11.5 Å². The Bertz CT molecular complexity index is 450. The molecule has 86 valence electrons. The standard InChI is InChI=1S/C12H13ClO3/c1-7(14)12(3-4-12)9-5-8(13)6-10(16-2)11(9)15/h5-6,15H,3-4H2,1-2H3. The molecule has 0 amide bonds. The maximum atomic E-state index is 11.6. The summed E-state index contributed by atoms with van der Waals surface area (Å²) in [6.07, 6.45) is 1.53. The maximum absolute atomic E-state index is 11.6. The average Bonchev–Trinajstić information content (AvgIpc) is 3.02. The van der Waals surface area contributed by atoms with E-state index in [1.807, 2.05) is 0 Å². The number of carbonyl (C=O) groups is 1. The molecule has 0 radical (unpaired) electrons. The van der Waals surface area contributed by atoms with Crippen LogP contribution in [0.3, 0.4) is 0 Å². The molecule has 0 atom stereocenters. The molecule has 0 aliphatic heterocycles. The SMILES string of the molecule is COc1cc(Cl)cc(C2(C(C)=O)CC2)c1O. The maximum Gasteiger partial charge on any atom is 0.162 e. The van der Waals surface area contributed by atoms with Crippen molar-refractivity contribution in [1.29, 1.82) is 0 Å². The van der Waals surface area contributed by atoms with E-state index in [-0.39, 0.29) is 11.5 Å². The Morgan fingerprint density at radius 3 is 2.56 bits per heavy atom. The van der Waals surface area contributed by atoms with Crippen molar-refractivity contribution in [2.24, 2.45) is 0 Å². The molecule has 0 unspecified atom stereocenters. The fraction of sp³-hybridized carbons (Fsp3) is 0.417. The number of halogens is 1. The first-order chi connectivity index (χ1) is 7.51. The summed E-state index contributed by atoms with van der Waals surface area (Å²) in [7, 11) is 1.46. The molecule has 1 aromatic rings. The first-order valence-electron chi connectivity index (χ1n) is 5.09. The molecular weight excluding hydrogens is 228 g/mol. The van der Waals surface area contributed by atoms with Crippen LogP contribution in [0.1, 0.15) is 25.3 Å². The van der Waals surface area contributed by atoms with Gasteiger partial charge in [-0.1, -0.05) is 11.6 Å². The highest BCUT2D eigenvalue weighted by Crippen LogP contribution is 2.54. The molecule has 1 saturated carbocycles. The third-order valence-corrected chi connectivity index (χ3v) is 3.42. The quantitative estimate of drug-likeness (QED) is 0.884. The van der Waals surface area contributed by atoms with Crippen LogP contribution in [0.5, 0.6) is 11.5 Å². The fourth-order valence-corrected chi connectivity index (χ4v) is 2.24. The van der Waals surface area contributed by atoms with Gasteiger partial charge in [0.2, 0.25) is 0 Å². The minimum atomic E-state index is -0.539. The van der Waals surface area contributed by atoms with Crippen LogP contribution in [-0.4, -0.2) is 18.0 Å². The monoisotopic (exact) mass is 240 g/mol.